The Kier molecular flexibility index (Phi) is 2.16. The lowest BCUT2D eigenvalue weighted by Crippen LogP contribution is -2.32. The highest BCUT2D eigenvalue weighted by Crippen LogP contribution is 2.52. The molecule has 19 heavy (non-hydrogen) atoms. The molecule has 1 saturated carbocycles. The predicted octanol–water partition coefficient (Wildman–Crippen LogP) is 1.39. The van der Waals surface area contributed by atoms with Gasteiger partial charge in [-0.25, -0.2) is 0 Å². The highest BCUT2D eigenvalue weighted by Gasteiger charge is 2.59. The van der Waals surface area contributed by atoms with Crippen LogP contribution >= 0.6 is 0 Å². The number of carbonyl (C=O) groups excluding carboxylic acids is 2. The van der Waals surface area contributed by atoms with Crippen molar-refractivity contribution in [1.82, 2.24) is 9.88 Å². The summed E-state index contributed by atoms with van der Waals surface area (Å²) in [6.45, 7) is 0.310. The quantitative estimate of drug-likeness (QED) is 0.592. The number of carbonyl (C=O) groups is 2. The van der Waals surface area contributed by atoms with E-state index in [1.54, 1.807) is 6.20 Å². The molecule has 3 aliphatic rings. The normalized spacial score (nSPS) is 35.3. The summed E-state index contributed by atoms with van der Waals surface area (Å²) in [4.78, 5) is 30.5. The maximum absolute atomic E-state index is 12.4. The number of hydrogen-bond donors (Lipinski definition) is 0. The average Bonchev–Trinajstić information content (AvgIpc) is 3.10. The Bertz CT molecular complexity index is 551. The minimum absolute atomic E-state index is 0.00231. The first kappa shape index (κ1) is 10.9. The summed E-state index contributed by atoms with van der Waals surface area (Å²) >= 11 is 0. The highest BCUT2D eigenvalue weighted by atomic mass is 16.2. The van der Waals surface area contributed by atoms with Gasteiger partial charge in [0.15, 0.2) is 0 Å². The van der Waals surface area contributed by atoms with Gasteiger partial charge in [-0.15, -0.1) is 0 Å². The number of fused-ring (bicyclic) bond motifs is 5. The summed E-state index contributed by atoms with van der Waals surface area (Å²) in [5, 5.41) is 0. The zero-order chi connectivity index (χ0) is 13.0. The molecule has 4 nitrogen and oxygen atoms in total. The number of nitrogens with zero attached hydrogens (tertiary/aromatic N) is 2. The third-order valence-electron chi connectivity index (χ3n) is 4.61. The van der Waals surface area contributed by atoms with Crippen molar-refractivity contribution in [2.75, 3.05) is 0 Å². The molecule has 96 valence electrons. The fraction of sp³-hybridized carbons (Fsp3) is 0.400. The van der Waals surface area contributed by atoms with Crippen molar-refractivity contribution >= 4 is 11.8 Å². The van der Waals surface area contributed by atoms with Crippen LogP contribution in [0.2, 0.25) is 0 Å². The summed E-state index contributed by atoms with van der Waals surface area (Å²) in [5.41, 5.74) is 0.768. The van der Waals surface area contributed by atoms with E-state index in [4.69, 9.17) is 0 Å². The van der Waals surface area contributed by atoms with Gasteiger partial charge in [0.05, 0.1) is 24.1 Å². The van der Waals surface area contributed by atoms with Crippen LogP contribution in [0.4, 0.5) is 0 Å². The first-order valence-corrected chi connectivity index (χ1v) is 6.69. The number of allylic oxidation sites excluding steroid dienone is 2. The van der Waals surface area contributed by atoms with E-state index in [1.165, 1.54) is 4.90 Å². The summed E-state index contributed by atoms with van der Waals surface area (Å²) in [5.74, 6) is 0.341. The van der Waals surface area contributed by atoms with E-state index in [2.05, 4.69) is 17.1 Å². The number of rotatable bonds is 2. The lowest BCUT2D eigenvalue weighted by molar-refractivity contribution is -0.141. The second-order valence-electron chi connectivity index (χ2n) is 5.58. The van der Waals surface area contributed by atoms with Gasteiger partial charge in [-0.05, 0) is 30.4 Å². The van der Waals surface area contributed by atoms with Crippen LogP contribution in [0.25, 0.3) is 0 Å². The number of aromatic nitrogens is 1. The third kappa shape index (κ3) is 1.43. The molecule has 2 aliphatic carbocycles. The van der Waals surface area contributed by atoms with Crippen LogP contribution < -0.4 is 0 Å². The molecule has 2 amide bonds. The first-order chi connectivity index (χ1) is 9.25. The zero-order valence-corrected chi connectivity index (χ0v) is 10.4. The summed E-state index contributed by atoms with van der Waals surface area (Å²) in [7, 11) is 0. The van der Waals surface area contributed by atoms with Crippen molar-refractivity contribution in [3.05, 3.63) is 42.2 Å². The largest absolute Gasteiger partial charge is 0.276 e. The van der Waals surface area contributed by atoms with Gasteiger partial charge < -0.3 is 0 Å². The number of hydrogen-bond acceptors (Lipinski definition) is 3. The van der Waals surface area contributed by atoms with Crippen LogP contribution in [0, 0.1) is 23.7 Å². The van der Waals surface area contributed by atoms with Crippen LogP contribution in [0.3, 0.4) is 0 Å². The molecule has 1 saturated heterocycles. The Morgan fingerprint density at radius 3 is 2.37 bits per heavy atom. The van der Waals surface area contributed by atoms with E-state index in [1.807, 2.05) is 18.2 Å². The molecule has 4 rings (SSSR count). The van der Waals surface area contributed by atoms with Gasteiger partial charge in [-0.2, -0.15) is 0 Å². The maximum atomic E-state index is 12.4. The van der Waals surface area contributed by atoms with Crippen molar-refractivity contribution in [2.24, 2.45) is 23.7 Å². The molecule has 4 heteroatoms. The number of amides is 2. The molecule has 0 spiro atoms. The van der Waals surface area contributed by atoms with E-state index >= 15 is 0 Å². The molecule has 4 atom stereocenters. The van der Waals surface area contributed by atoms with Crippen molar-refractivity contribution in [1.29, 1.82) is 0 Å². The Balaban J connectivity index is 1.62. The van der Waals surface area contributed by atoms with E-state index in [0.29, 0.717) is 6.54 Å². The molecule has 0 N–H and O–H groups in total. The molecular formula is C15H14N2O2. The van der Waals surface area contributed by atoms with Crippen LogP contribution in [0.5, 0.6) is 0 Å². The van der Waals surface area contributed by atoms with E-state index in [-0.39, 0.29) is 35.5 Å². The second kappa shape index (κ2) is 3.76. The molecule has 0 radical (unpaired) electrons. The molecule has 1 aromatic rings. The molecule has 2 fully saturated rings. The van der Waals surface area contributed by atoms with Crippen LogP contribution in [-0.2, 0) is 16.1 Å². The van der Waals surface area contributed by atoms with Crippen molar-refractivity contribution in [3.8, 4) is 0 Å². The lowest BCUT2D eigenvalue weighted by atomic mass is 9.85. The van der Waals surface area contributed by atoms with Gasteiger partial charge in [-0.3, -0.25) is 19.5 Å². The Labute approximate surface area is 111 Å². The van der Waals surface area contributed by atoms with E-state index < -0.39 is 0 Å². The minimum Gasteiger partial charge on any atom is -0.276 e. The molecule has 0 aromatic carbocycles. The average molecular weight is 254 g/mol. The van der Waals surface area contributed by atoms with Gasteiger partial charge >= 0.3 is 0 Å². The van der Waals surface area contributed by atoms with Crippen molar-refractivity contribution in [2.45, 2.75) is 13.0 Å². The number of likely N-dealkylation sites (tertiary alicyclic amines) is 1. The Morgan fingerprint density at radius 1 is 1.11 bits per heavy atom. The summed E-state index contributed by atoms with van der Waals surface area (Å²) in [6, 6.07) is 5.55. The van der Waals surface area contributed by atoms with Gasteiger partial charge in [0.25, 0.3) is 0 Å². The maximum Gasteiger partial charge on any atom is 0.234 e. The fourth-order valence-corrected chi connectivity index (χ4v) is 3.77. The summed E-state index contributed by atoms with van der Waals surface area (Å²) < 4.78 is 0. The summed E-state index contributed by atoms with van der Waals surface area (Å²) in [6.07, 6.45) is 6.89. The van der Waals surface area contributed by atoms with Gasteiger partial charge in [-0.1, -0.05) is 18.2 Å². The van der Waals surface area contributed by atoms with Crippen LogP contribution in [0.15, 0.2) is 36.5 Å². The van der Waals surface area contributed by atoms with Crippen molar-refractivity contribution < 1.29 is 9.59 Å². The van der Waals surface area contributed by atoms with Crippen molar-refractivity contribution in [3.63, 3.8) is 0 Å². The molecule has 2 bridgehead atoms. The minimum atomic E-state index is -0.105. The predicted molar refractivity (Wildman–Crippen MR) is 67.5 cm³/mol. The van der Waals surface area contributed by atoms with E-state index in [0.717, 1.165) is 12.1 Å². The van der Waals surface area contributed by atoms with E-state index in [9.17, 15) is 9.59 Å². The third-order valence-corrected chi connectivity index (χ3v) is 4.61. The Morgan fingerprint density at radius 2 is 1.79 bits per heavy atom. The topological polar surface area (TPSA) is 50.3 Å². The second-order valence-corrected chi connectivity index (χ2v) is 5.58. The lowest BCUT2D eigenvalue weighted by Gasteiger charge is -2.16. The molecule has 1 aromatic heterocycles. The molecule has 2 heterocycles. The monoisotopic (exact) mass is 254 g/mol. The highest BCUT2D eigenvalue weighted by molar-refractivity contribution is 6.06. The zero-order valence-electron chi connectivity index (χ0n) is 10.4. The molecule has 1 aliphatic heterocycles. The molecular weight excluding hydrogens is 240 g/mol. The van der Waals surface area contributed by atoms with Crippen LogP contribution in [0.1, 0.15) is 12.1 Å². The number of pyridine rings is 1. The SMILES string of the molecule is O=C1[C@@H]2[C@H](C(=O)N1Cc1ccccn1)[C@H]1C=C[C@H]2C1. The molecule has 0 unspecified atom stereocenters. The first-order valence-electron chi connectivity index (χ1n) is 6.69. The fourth-order valence-electron chi connectivity index (χ4n) is 3.77. The smallest absolute Gasteiger partial charge is 0.234 e. The van der Waals surface area contributed by atoms with Crippen LogP contribution in [-0.4, -0.2) is 21.7 Å². The standard InChI is InChI=1S/C15H14N2O2/c18-14-12-9-4-5-10(7-9)13(12)15(19)17(14)8-11-3-1-2-6-16-11/h1-6,9-10,12-13H,7-8H2/t9-,10-,12-,13+/m0/s1. The Hall–Kier alpha value is -1.97. The number of imide groups is 1. The van der Waals surface area contributed by atoms with Gasteiger partial charge in [0.2, 0.25) is 11.8 Å². The van der Waals surface area contributed by atoms with Gasteiger partial charge in [0.1, 0.15) is 0 Å². The van der Waals surface area contributed by atoms with Gasteiger partial charge in [0, 0.05) is 6.20 Å².